The van der Waals surface area contributed by atoms with Crippen LogP contribution in [0.5, 0.6) is 11.5 Å². The van der Waals surface area contributed by atoms with E-state index in [1.165, 1.54) is 16.4 Å². The van der Waals surface area contributed by atoms with Gasteiger partial charge in [0.15, 0.2) is 11.5 Å². The number of carbonyl (C=O) groups excluding carboxylic acids is 1. The number of amides is 1. The van der Waals surface area contributed by atoms with Crippen LogP contribution in [0.3, 0.4) is 0 Å². The first-order valence-corrected chi connectivity index (χ1v) is 12.1. The number of rotatable bonds is 8. The van der Waals surface area contributed by atoms with Crippen LogP contribution in [-0.4, -0.2) is 32.0 Å². The van der Waals surface area contributed by atoms with E-state index in [-0.39, 0.29) is 31.3 Å². The average Bonchev–Trinajstić information content (AvgIpc) is 3.27. The van der Waals surface area contributed by atoms with Gasteiger partial charge in [-0.1, -0.05) is 52.3 Å². The fourth-order valence-corrected chi connectivity index (χ4v) is 4.90. The molecule has 7 nitrogen and oxygen atoms in total. The second-order valence-corrected chi connectivity index (χ2v) is 10.0. The van der Waals surface area contributed by atoms with Gasteiger partial charge in [-0.05, 0) is 47.5 Å². The van der Waals surface area contributed by atoms with E-state index in [1.807, 2.05) is 30.3 Å². The summed E-state index contributed by atoms with van der Waals surface area (Å²) >= 11 is 3.38. The molecule has 3 aromatic rings. The van der Waals surface area contributed by atoms with Crippen LogP contribution in [0.2, 0.25) is 0 Å². The van der Waals surface area contributed by atoms with Crippen molar-refractivity contribution in [3.63, 3.8) is 0 Å². The molecule has 166 valence electrons. The van der Waals surface area contributed by atoms with Crippen LogP contribution in [0.4, 0.5) is 0 Å². The molecule has 0 unspecified atom stereocenters. The van der Waals surface area contributed by atoms with E-state index in [9.17, 15) is 13.2 Å². The Kier molecular flexibility index (Phi) is 6.78. The lowest BCUT2D eigenvalue weighted by Gasteiger charge is -2.22. The molecule has 0 radical (unpaired) electrons. The molecule has 32 heavy (non-hydrogen) atoms. The molecule has 0 aliphatic carbocycles. The zero-order chi connectivity index (χ0) is 22.6. The van der Waals surface area contributed by atoms with Crippen molar-refractivity contribution in [2.45, 2.75) is 18.0 Å². The summed E-state index contributed by atoms with van der Waals surface area (Å²) in [6, 6.07) is 20.8. The number of nitrogens with one attached hydrogen (secondary N) is 1. The highest BCUT2D eigenvalue weighted by Gasteiger charge is 2.27. The van der Waals surface area contributed by atoms with Crippen LogP contribution in [0.15, 0.2) is 82.2 Å². The first-order valence-electron chi connectivity index (χ1n) is 9.87. The van der Waals surface area contributed by atoms with Gasteiger partial charge >= 0.3 is 0 Å². The first kappa shape index (κ1) is 22.3. The monoisotopic (exact) mass is 516 g/mol. The molecule has 4 rings (SSSR count). The zero-order valence-electron chi connectivity index (χ0n) is 17.0. The molecule has 0 bridgehead atoms. The smallest absolute Gasteiger partial charge is 0.243 e. The van der Waals surface area contributed by atoms with Crippen molar-refractivity contribution in [1.82, 2.24) is 9.62 Å². The van der Waals surface area contributed by atoms with Gasteiger partial charge in [0, 0.05) is 17.6 Å². The molecule has 3 aromatic carbocycles. The third kappa shape index (κ3) is 5.29. The Morgan fingerprint density at radius 1 is 0.938 bits per heavy atom. The van der Waals surface area contributed by atoms with Crippen LogP contribution in [0, 0.1) is 0 Å². The molecule has 9 heteroatoms. The molecule has 1 aliphatic rings. The number of sulfonamides is 1. The van der Waals surface area contributed by atoms with E-state index in [2.05, 4.69) is 21.2 Å². The summed E-state index contributed by atoms with van der Waals surface area (Å²) in [6.45, 7) is 0.181. The minimum atomic E-state index is -3.87. The lowest BCUT2D eigenvalue weighted by atomic mass is 10.2. The van der Waals surface area contributed by atoms with Crippen LogP contribution in [0.25, 0.3) is 0 Å². The van der Waals surface area contributed by atoms with Crippen molar-refractivity contribution in [1.29, 1.82) is 0 Å². The fourth-order valence-electron chi connectivity index (χ4n) is 3.23. The molecule has 0 saturated carbocycles. The van der Waals surface area contributed by atoms with E-state index >= 15 is 0 Å². The van der Waals surface area contributed by atoms with Crippen molar-refractivity contribution in [2.24, 2.45) is 0 Å². The summed E-state index contributed by atoms with van der Waals surface area (Å²) in [5.41, 5.74) is 1.60. The van der Waals surface area contributed by atoms with Gasteiger partial charge < -0.3 is 14.8 Å². The molecule has 1 amide bonds. The largest absolute Gasteiger partial charge is 0.454 e. The van der Waals surface area contributed by atoms with Crippen LogP contribution in [-0.2, 0) is 27.9 Å². The van der Waals surface area contributed by atoms with Crippen LogP contribution >= 0.6 is 15.9 Å². The number of nitrogens with zero attached hydrogens (tertiary/aromatic N) is 1. The number of hydrogen-bond donors (Lipinski definition) is 1. The molecule has 0 fully saturated rings. The zero-order valence-corrected chi connectivity index (χ0v) is 19.4. The molecule has 0 spiro atoms. The summed E-state index contributed by atoms with van der Waals surface area (Å²) in [5.74, 6) is 0.884. The van der Waals surface area contributed by atoms with Gasteiger partial charge in [-0.3, -0.25) is 4.79 Å². The fraction of sp³-hybridized carbons (Fsp3) is 0.174. The summed E-state index contributed by atoms with van der Waals surface area (Å²) < 4.78 is 39.2. The quantitative estimate of drug-likeness (QED) is 0.493. The first-order chi connectivity index (χ1) is 15.4. The van der Waals surface area contributed by atoms with E-state index < -0.39 is 15.9 Å². The Morgan fingerprint density at radius 2 is 1.62 bits per heavy atom. The van der Waals surface area contributed by atoms with Gasteiger partial charge in [0.25, 0.3) is 0 Å². The average molecular weight is 517 g/mol. The normalized spacial score (nSPS) is 12.7. The van der Waals surface area contributed by atoms with Crippen molar-refractivity contribution in [3.05, 3.63) is 88.4 Å². The van der Waals surface area contributed by atoms with Crippen molar-refractivity contribution >= 4 is 31.9 Å². The second-order valence-electron chi connectivity index (χ2n) is 7.18. The van der Waals surface area contributed by atoms with E-state index in [0.29, 0.717) is 11.5 Å². The highest BCUT2D eigenvalue weighted by atomic mass is 79.9. The van der Waals surface area contributed by atoms with Crippen LogP contribution < -0.4 is 14.8 Å². The van der Waals surface area contributed by atoms with Gasteiger partial charge in [0.1, 0.15) is 0 Å². The maximum Gasteiger partial charge on any atom is 0.243 e. The third-order valence-electron chi connectivity index (χ3n) is 4.90. The summed E-state index contributed by atoms with van der Waals surface area (Å²) in [6.07, 6.45) is 0. The molecular weight excluding hydrogens is 496 g/mol. The van der Waals surface area contributed by atoms with Gasteiger partial charge in [-0.15, -0.1) is 0 Å². The predicted molar refractivity (Wildman–Crippen MR) is 123 cm³/mol. The Morgan fingerprint density at radius 3 is 2.38 bits per heavy atom. The summed E-state index contributed by atoms with van der Waals surface area (Å²) in [7, 11) is -3.87. The lowest BCUT2D eigenvalue weighted by Crippen LogP contribution is -2.40. The maximum atomic E-state index is 13.2. The second kappa shape index (κ2) is 9.72. The number of ether oxygens (including phenoxy) is 2. The Labute approximate surface area is 195 Å². The van der Waals surface area contributed by atoms with Crippen LogP contribution in [0.1, 0.15) is 11.1 Å². The predicted octanol–water partition coefficient (Wildman–Crippen LogP) is 3.69. The highest BCUT2D eigenvalue weighted by molar-refractivity contribution is 9.10. The van der Waals surface area contributed by atoms with Gasteiger partial charge in [0.05, 0.1) is 11.4 Å². The minimum Gasteiger partial charge on any atom is -0.454 e. The number of carbonyl (C=O) groups is 1. The van der Waals surface area contributed by atoms with Crippen molar-refractivity contribution in [3.8, 4) is 11.5 Å². The minimum absolute atomic E-state index is 0.0714. The topological polar surface area (TPSA) is 84.9 Å². The Bertz CT molecular complexity index is 1200. The van der Waals surface area contributed by atoms with Gasteiger partial charge in [0.2, 0.25) is 22.7 Å². The molecule has 0 saturated heterocycles. The van der Waals surface area contributed by atoms with E-state index in [0.717, 1.165) is 15.6 Å². The number of hydrogen-bond acceptors (Lipinski definition) is 5. The maximum absolute atomic E-state index is 13.2. The van der Waals surface area contributed by atoms with Gasteiger partial charge in [-0.25, -0.2) is 8.42 Å². The van der Waals surface area contributed by atoms with Gasteiger partial charge in [-0.2, -0.15) is 4.31 Å². The lowest BCUT2D eigenvalue weighted by molar-refractivity contribution is -0.121. The number of fused-ring (bicyclic) bond motifs is 1. The third-order valence-corrected chi connectivity index (χ3v) is 7.23. The molecule has 1 aliphatic heterocycles. The van der Waals surface area contributed by atoms with Crippen molar-refractivity contribution in [2.75, 3.05) is 13.3 Å². The summed E-state index contributed by atoms with van der Waals surface area (Å²) in [5, 5.41) is 2.79. The Hall–Kier alpha value is -2.88. The van der Waals surface area contributed by atoms with Crippen molar-refractivity contribution < 1.29 is 22.7 Å². The number of halogens is 1. The molecular formula is C23H21BrN2O5S. The molecule has 0 atom stereocenters. The molecule has 0 aromatic heterocycles. The molecule has 1 heterocycles. The SMILES string of the molecule is O=C(CN(Cc1ccc(Br)cc1)S(=O)(=O)c1ccccc1)NCc1ccc2c(c1)OCO2. The molecule has 1 N–H and O–H groups in total. The highest BCUT2D eigenvalue weighted by Crippen LogP contribution is 2.32. The summed E-state index contributed by atoms with van der Waals surface area (Å²) in [4.78, 5) is 12.8. The van der Waals surface area contributed by atoms with E-state index in [1.54, 1.807) is 30.3 Å². The van der Waals surface area contributed by atoms with E-state index in [4.69, 9.17) is 9.47 Å². The number of benzene rings is 3. The Balaban J connectivity index is 1.49. The standard InChI is InChI=1S/C23H21BrN2O5S/c24-19-9-6-17(7-10-19)14-26(32(28,29)20-4-2-1-3-5-20)15-23(27)25-13-18-8-11-21-22(12-18)31-16-30-21/h1-12H,13-16H2,(H,25,27).